The van der Waals surface area contributed by atoms with Crippen molar-refractivity contribution in [1.29, 1.82) is 0 Å². The Labute approximate surface area is 119 Å². The van der Waals surface area contributed by atoms with Gasteiger partial charge in [-0.2, -0.15) is 4.98 Å². The lowest BCUT2D eigenvalue weighted by atomic mass is 10.2. The first kappa shape index (κ1) is 14.9. The van der Waals surface area contributed by atoms with Gasteiger partial charge in [-0.3, -0.25) is 14.7 Å². The van der Waals surface area contributed by atoms with Crippen molar-refractivity contribution in [3.05, 3.63) is 16.8 Å². The number of hydrogen-bond acceptors (Lipinski definition) is 7. The van der Waals surface area contributed by atoms with Gasteiger partial charge in [0.1, 0.15) is 6.33 Å². The molecule has 1 aliphatic rings. The predicted octanol–water partition coefficient (Wildman–Crippen LogP) is -0.656. The van der Waals surface area contributed by atoms with E-state index in [1.807, 2.05) is 0 Å². The van der Waals surface area contributed by atoms with Crippen molar-refractivity contribution in [1.82, 2.24) is 14.5 Å². The van der Waals surface area contributed by atoms with E-state index in [1.165, 1.54) is 22.7 Å². The summed E-state index contributed by atoms with van der Waals surface area (Å²) in [4.78, 5) is 30.7. The lowest BCUT2D eigenvalue weighted by molar-refractivity contribution is -0.115. The molecule has 3 atom stereocenters. The zero-order valence-corrected chi connectivity index (χ0v) is 11.7. The molecule has 110 valence electrons. The van der Waals surface area contributed by atoms with Gasteiger partial charge in [0.25, 0.3) is 0 Å². The Morgan fingerprint density at radius 3 is 2.95 bits per heavy atom. The fraction of sp³-hybridized carbons (Fsp3) is 0.636. The fourth-order valence-corrected chi connectivity index (χ4v) is 3.23. The van der Waals surface area contributed by atoms with Gasteiger partial charge in [0.2, 0.25) is 11.9 Å². The quantitative estimate of drug-likeness (QED) is 0.676. The Balaban J connectivity index is 2.15. The summed E-state index contributed by atoms with van der Waals surface area (Å²) in [6.07, 6.45) is 1.25. The highest BCUT2D eigenvalue weighted by Gasteiger charge is 2.34. The molecule has 3 N–H and O–H groups in total. The van der Waals surface area contributed by atoms with Crippen LogP contribution >= 0.6 is 11.8 Å². The number of thioether (sulfide) groups is 1. The maximum Gasteiger partial charge on any atom is 0.353 e. The zero-order valence-electron chi connectivity index (χ0n) is 10.9. The number of nitrogens with zero attached hydrogens (tertiary/aromatic N) is 3. The highest BCUT2D eigenvalue weighted by Crippen LogP contribution is 2.40. The number of hydrogen-bond donors (Lipinski definition) is 3. The normalized spacial score (nSPS) is 25.6. The number of aliphatic hydroxyl groups is 2. The number of aromatic nitrogens is 3. The number of amides is 1. The minimum atomic E-state index is -0.665. The minimum Gasteiger partial charge on any atom is -0.395 e. The number of anilines is 1. The van der Waals surface area contributed by atoms with Crippen molar-refractivity contribution in [3.63, 3.8) is 0 Å². The molecule has 1 aromatic heterocycles. The highest BCUT2D eigenvalue weighted by atomic mass is 32.2. The van der Waals surface area contributed by atoms with Crippen LogP contribution in [0.3, 0.4) is 0 Å². The molecule has 9 heteroatoms. The Hall–Kier alpha value is -1.45. The second-order valence-electron chi connectivity index (χ2n) is 4.39. The van der Waals surface area contributed by atoms with Crippen molar-refractivity contribution in [2.75, 3.05) is 11.9 Å². The van der Waals surface area contributed by atoms with Gasteiger partial charge >= 0.3 is 5.69 Å². The van der Waals surface area contributed by atoms with Gasteiger partial charge in [-0.25, -0.2) is 9.78 Å². The largest absolute Gasteiger partial charge is 0.395 e. The minimum absolute atomic E-state index is 0.0275. The first-order chi connectivity index (χ1) is 9.55. The van der Waals surface area contributed by atoms with Crippen LogP contribution in [-0.4, -0.2) is 48.6 Å². The molecule has 20 heavy (non-hydrogen) atoms. The van der Waals surface area contributed by atoms with Crippen molar-refractivity contribution in [3.8, 4) is 0 Å². The summed E-state index contributed by atoms with van der Waals surface area (Å²) in [5.74, 6) is -0.298. The molecule has 1 amide bonds. The molecule has 1 saturated heterocycles. The van der Waals surface area contributed by atoms with Crippen LogP contribution in [0.25, 0.3) is 0 Å². The third kappa shape index (κ3) is 3.17. The molecule has 1 aliphatic heterocycles. The fourth-order valence-electron chi connectivity index (χ4n) is 1.86. The monoisotopic (exact) mass is 300 g/mol. The van der Waals surface area contributed by atoms with Gasteiger partial charge in [-0.1, -0.05) is 6.92 Å². The van der Waals surface area contributed by atoms with E-state index in [0.29, 0.717) is 6.42 Å². The van der Waals surface area contributed by atoms with E-state index in [1.54, 1.807) is 6.92 Å². The maximum atomic E-state index is 11.9. The van der Waals surface area contributed by atoms with Crippen molar-refractivity contribution < 1.29 is 15.0 Å². The van der Waals surface area contributed by atoms with E-state index in [2.05, 4.69) is 15.3 Å². The smallest absolute Gasteiger partial charge is 0.353 e. The lowest BCUT2D eigenvalue weighted by Crippen LogP contribution is -2.27. The summed E-state index contributed by atoms with van der Waals surface area (Å²) in [6, 6.07) is 0. The van der Waals surface area contributed by atoms with E-state index in [-0.39, 0.29) is 35.5 Å². The average Bonchev–Trinajstić information content (AvgIpc) is 2.79. The summed E-state index contributed by atoms with van der Waals surface area (Å²) in [5.41, 5.74) is -0.547. The molecular weight excluding hydrogens is 284 g/mol. The van der Waals surface area contributed by atoms with Gasteiger partial charge in [-0.15, -0.1) is 11.8 Å². The molecule has 0 saturated carbocycles. The number of aliphatic hydroxyl groups excluding tert-OH is 2. The van der Waals surface area contributed by atoms with E-state index >= 15 is 0 Å². The predicted molar refractivity (Wildman–Crippen MR) is 73.3 cm³/mol. The molecule has 0 radical (unpaired) electrons. The number of carbonyl (C=O) groups is 1. The molecule has 1 aromatic rings. The third-order valence-corrected chi connectivity index (χ3v) is 4.54. The molecule has 0 spiro atoms. The van der Waals surface area contributed by atoms with Gasteiger partial charge in [0.05, 0.1) is 23.3 Å². The van der Waals surface area contributed by atoms with E-state index in [4.69, 9.17) is 5.11 Å². The van der Waals surface area contributed by atoms with Gasteiger partial charge in [0.15, 0.2) is 0 Å². The highest BCUT2D eigenvalue weighted by molar-refractivity contribution is 8.00. The summed E-state index contributed by atoms with van der Waals surface area (Å²) >= 11 is 1.31. The topological polar surface area (TPSA) is 117 Å². The molecule has 0 unspecified atom stereocenters. The summed E-state index contributed by atoms with van der Waals surface area (Å²) in [6.45, 7) is 1.53. The summed E-state index contributed by atoms with van der Waals surface area (Å²) < 4.78 is 1.30. The molecule has 8 nitrogen and oxygen atoms in total. The molecule has 0 aromatic carbocycles. The molecule has 1 fully saturated rings. The van der Waals surface area contributed by atoms with Crippen LogP contribution in [0.5, 0.6) is 0 Å². The standard InChI is InChI=1S/C11H16N4O4S/c1-2-8(18)13-10-12-5-15(11(19)14-10)9-3-6(17)7(4-16)20-9/h5-7,9,16-17H,2-4H2,1H3,(H,13,14,18,19)/t6-,7-,9-/m1/s1. The van der Waals surface area contributed by atoms with Gasteiger partial charge < -0.3 is 10.2 Å². The first-order valence-electron chi connectivity index (χ1n) is 6.24. The lowest BCUT2D eigenvalue weighted by Gasteiger charge is -2.12. The second kappa shape index (κ2) is 6.33. The van der Waals surface area contributed by atoms with E-state index in [9.17, 15) is 14.7 Å². The van der Waals surface area contributed by atoms with E-state index in [0.717, 1.165) is 0 Å². The van der Waals surface area contributed by atoms with Crippen LogP contribution in [0.2, 0.25) is 0 Å². The maximum absolute atomic E-state index is 11.9. The molecule has 0 aliphatic carbocycles. The van der Waals surface area contributed by atoms with Crippen LogP contribution in [0.15, 0.2) is 11.1 Å². The van der Waals surface area contributed by atoms with Crippen LogP contribution in [-0.2, 0) is 4.79 Å². The Morgan fingerprint density at radius 1 is 1.65 bits per heavy atom. The number of carbonyl (C=O) groups excluding carboxylic acids is 1. The SMILES string of the molecule is CCC(=O)Nc1ncn([C@H]2C[C@@H](O)[C@@H](CO)S2)c(=O)n1. The van der Waals surface area contributed by atoms with Crippen molar-refractivity contribution in [2.24, 2.45) is 0 Å². The van der Waals surface area contributed by atoms with Gasteiger partial charge in [-0.05, 0) is 0 Å². The second-order valence-corrected chi connectivity index (χ2v) is 5.81. The van der Waals surface area contributed by atoms with Crippen LogP contribution in [0.4, 0.5) is 5.95 Å². The first-order valence-corrected chi connectivity index (χ1v) is 7.18. The Kier molecular flexibility index (Phi) is 4.73. The van der Waals surface area contributed by atoms with Crippen LogP contribution in [0.1, 0.15) is 25.1 Å². The average molecular weight is 300 g/mol. The molecule has 2 rings (SSSR count). The van der Waals surface area contributed by atoms with Crippen LogP contribution in [0, 0.1) is 0 Å². The van der Waals surface area contributed by atoms with Crippen LogP contribution < -0.4 is 11.0 Å². The van der Waals surface area contributed by atoms with E-state index < -0.39 is 11.8 Å². The third-order valence-electron chi connectivity index (χ3n) is 2.99. The van der Waals surface area contributed by atoms with Crippen molar-refractivity contribution in [2.45, 2.75) is 36.5 Å². The number of nitrogens with one attached hydrogen (secondary N) is 1. The number of rotatable bonds is 4. The molecular formula is C11H16N4O4S. The Bertz CT molecular complexity index is 549. The summed E-state index contributed by atoms with van der Waals surface area (Å²) in [5, 5.41) is 20.6. The summed E-state index contributed by atoms with van der Waals surface area (Å²) in [7, 11) is 0. The molecule has 2 heterocycles. The Morgan fingerprint density at radius 2 is 2.40 bits per heavy atom. The van der Waals surface area contributed by atoms with Crippen molar-refractivity contribution >= 4 is 23.6 Å². The molecule has 0 bridgehead atoms. The zero-order chi connectivity index (χ0) is 14.7. The van der Waals surface area contributed by atoms with Gasteiger partial charge in [0, 0.05) is 12.8 Å².